The Labute approximate surface area is 138 Å². The van der Waals surface area contributed by atoms with Crippen LogP contribution in [0.15, 0.2) is 16.6 Å². The highest BCUT2D eigenvalue weighted by atomic mass is 79.9. The number of thioether (sulfide) groups is 1. The Morgan fingerprint density at radius 1 is 1.19 bits per heavy atom. The smallest absolute Gasteiger partial charge is 0.161 e. The van der Waals surface area contributed by atoms with Gasteiger partial charge in [-0.25, -0.2) is 9.97 Å². The maximum Gasteiger partial charge on any atom is 0.161 e. The van der Waals surface area contributed by atoms with E-state index in [4.69, 9.17) is 9.97 Å². The van der Waals surface area contributed by atoms with Crippen molar-refractivity contribution in [1.29, 1.82) is 0 Å². The van der Waals surface area contributed by atoms with Crippen LogP contribution in [-0.2, 0) is 11.5 Å². The lowest BCUT2D eigenvalue weighted by Crippen LogP contribution is -2.06. The molecule has 0 radical (unpaired) electrons. The molecule has 1 aliphatic rings. The molecule has 0 aliphatic carbocycles. The number of aromatic nitrogens is 2. The second-order valence-corrected chi connectivity index (χ2v) is 7.05. The van der Waals surface area contributed by atoms with Crippen LogP contribution in [-0.4, -0.2) is 16.5 Å². The first-order valence-corrected chi connectivity index (χ1v) is 9.03. The van der Waals surface area contributed by atoms with Gasteiger partial charge in [-0.15, -0.1) is 0 Å². The second kappa shape index (κ2) is 5.97. The van der Waals surface area contributed by atoms with E-state index in [1.165, 1.54) is 22.4 Å². The van der Waals surface area contributed by atoms with Crippen molar-refractivity contribution in [3.63, 3.8) is 0 Å². The minimum Gasteiger partial charge on any atom is -0.370 e. The first-order valence-electron chi connectivity index (χ1n) is 7.08. The maximum atomic E-state index is 4.79. The molecule has 0 spiro atoms. The van der Waals surface area contributed by atoms with E-state index in [0.29, 0.717) is 0 Å². The Kier molecular flexibility index (Phi) is 4.22. The SMILES string of the molecule is CCNc1nc(-c2cc(C)c(Br)c(C)c2)nc2c1CSC2. The first kappa shape index (κ1) is 14.9. The minimum absolute atomic E-state index is 0.825. The van der Waals surface area contributed by atoms with Gasteiger partial charge < -0.3 is 5.32 Å². The molecule has 0 fully saturated rings. The lowest BCUT2D eigenvalue weighted by molar-refractivity contribution is 1.05. The predicted octanol–water partition coefficient (Wildman–Crippen LogP) is 4.70. The summed E-state index contributed by atoms with van der Waals surface area (Å²) in [7, 11) is 0. The number of nitrogens with zero attached hydrogens (tertiary/aromatic N) is 2. The summed E-state index contributed by atoms with van der Waals surface area (Å²) in [5.41, 5.74) is 5.98. The number of rotatable bonds is 3. The summed E-state index contributed by atoms with van der Waals surface area (Å²) in [5.74, 6) is 3.82. The molecule has 0 bridgehead atoms. The highest BCUT2D eigenvalue weighted by Crippen LogP contribution is 2.35. The van der Waals surface area contributed by atoms with Crippen LogP contribution < -0.4 is 5.32 Å². The number of aryl methyl sites for hydroxylation is 2. The predicted molar refractivity (Wildman–Crippen MR) is 93.8 cm³/mol. The normalized spacial score (nSPS) is 13.3. The molecule has 1 aromatic carbocycles. The summed E-state index contributed by atoms with van der Waals surface area (Å²) in [6.45, 7) is 7.19. The van der Waals surface area contributed by atoms with Crippen LogP contribution in [0.25, 0.3) is 11.4 Å². The summed E-state index contributed by atoms with van der Waals surface area (Å²) < 4.78 is 1.16. The molecule has 0 saturated heterocycles. The molecule has 1 aromatic heterocycles. The number of hydrogen-bond acceptors (Lipinski definition) is 4. The molecular formula is C16H18BrN3S. The number of hydrogen-bond donors (Lipinski definition) is 1. The largest absolute Gasteiger partial charge is 0.370 e. The lowest BCUT2D eigenvalue weighted by Gasteiger charge is -2.12. The third-order valence-corrected chi connectivity index (χ3v) is 5.84. The van der Waals surface area contributed by atoms with Crippen LogP contribution in [0, 0.1) is 13.8 Å². The van der Waals surface area contributed by atoms with E-state index in [1.807, 2.05) is 11.8 Å². The van der Waals surface area contributed by atoms with Crippen molar-refractivity contribution in [3.8, 4) is 11.4 Å². The summed E-state index contributed by atoms with van der Waals surface area (Å²) in [5, 5.41) is 3.38. The zero-order valence-corrected chi connectivity index (χ0v) is 14.9. The average molecular weight is 364 g/mol. The standard InChI is InChI=1S/C16H18BrN3S/c1-4-18-16-12-7-21-8-13(12)19-15(20-16)11-5-9(2)14(17)10(3)6-11/h5-6H,4,7-8H2,1-3H3,(H,18,19,20). The summed E-state index contributed by atoms with van der Waals surface area (Å²) in [4.78, 5) is 9.56. The van der Waals surface area contributed by atoms with Crippen molar-refractivity contribution >= 4 is 33.5 Å². The number of halogens is 1. The summed E-state index contributed by atoms with van der Waals surface area (Å²) in [6.07, 6.45) is 0. The van der Waals surface area contributed by atoms with Gasteiger partial charge in [-0.1, -0.05) is 15.9 Å². The Morgan fingerprint density at radius 2 is 1.90 bits per heavy atom. The Balaban J connectivity index is 2.13. The fourth-order valence-electron chi connectivity index (χ4n) is 2.57. The van der Waals surface area contributed by atoms with Crippen LogP contribution in [0.4, 0.5) is 5.82 Å². The number of anilines is 1. The molecule has 0 amide bonds. The minimum atomic E-state index is 0.825. The molecule has 0 atom stereocenters. The Bertz CT molecular complexity index is 677. The van der Waals surface area contributed by atoms with Crippen molar-refractivity contribution in [1.82, 2.24) is 9.97 Å². The molecular weight excluding hydrogens is 346 g/mol. The van der Waals surface area contributed by atoms with E-state index in [2.05, 4.69) is 54.2 Å². The van der Waals surface area contributed by atoms with Gasteiger partial charge in [-0.3, -0.25) is 0 Å². The fourth-order valence-corrected chi connectivity index (χ4v) is 3.84. The molecule has 1 aliphatic heterocycles. The van der Waals surface area contributed by atoms with E-state index in [1.54, 1.807) is 0 Å². The molecule has 5 heteroatoms. The van der Waals surface area contributed by atoms with Gasteiger partial charge in [0, 0.05) is 33.7 Å². The van der Waals surface area contributed by atoms with Crippen LogP contribution in [0.5, 0.6) is 0 Å². The quantitative estimate of drug-likeness (QED) is 0.857. The molecule has 0 saturated carbocycles. The number of fused-ring (bicyclic) bond motifs is 1. The molecule has 110 valence electrons. The van der Waals surface area contributed by atoms with E-state index >= 15 is 0 Å². The van der Waals surface area contributed by atoms with Crippen LogP contribution in [0.1, 0.15) is 29.3 Å². The third-order valence-electron chi connectivity index (χ3n) is 3.62. The molecule has 1 N–H and O–H groups in total. The van der Waals surface area contributed by atoms with Gasteiger partial charge in [-0.05, 0) is 44.0 Å². The van der Waals surface area contributed by atoms with Gasteiger partial charge in [0.25, 0.3) is 0 Å². The van der Waals surface area contributed by atoms with Gasteiger partial charge in [-0.2, -0.15) is 11.8 Å². The summed E-state index contributed by atoms with van der Waals surface area (Å²) >= 11 is 5.52. The molecule has 3 rings (SSSR count). The average Bonchev–Trinajstić information content (AvgIpc) is 2.93. The van der Waals surface area contributed by atoms with Crippen LogP contribution in [0.2, 0.25) is 0 Å². The molecule has 21 heavy (non-hydrogen) atoms. The third kappa shape index (κ3) is 2.81. The van der Waals surface area contributed by atoms with Gasteiger partial charge >= 0.3 is 0 Å². The van der Waals surface area contributed by atoms with E-state index in [0.717, 1.165) is 39.7 Å². The monoisotopic (exact) mass is 363 g/mol. The highest BCUT2D eigenvalue weighted by molar-refractivity contribution is 9.10. The van der Waals surface area contributed by atoms with Crippen molar-refractivity contribution in [2.45, 2.75) is 32.3 Å². The van der Waals surface area contributed by atoms with Gasteiger partial charge in [0.05, 0.1) is 5.69 Å². The molecule has 2 aromatic rings. The van der Waals surface area contributed by atoms with Gasteiger partial charge in [0.2, 0.25) is 0 Å². The zero-order valence-electron chi connectivity index (χ0n) is 12.5. The van der Waals surface area contributed by atoms with Crippen LogP contribution >= 0.6 is 27.7 Å². The highest BCUT2D eigenvalue weighted by Gasteiger charge is 2.20. The van der Waals surface area contributed by atoms with Gasteiger partial charge in [0.15, 0.2) is 5.82 Å². The molecule has 3 nitrogen and oxygen atoms in total. The van der Waals surface area contributed by atoms with Crippen molar-refractivity contribution < 1.29 is 0 Å². The number of nitrogens with one attached hydrogen (secondary N) is 1. The van der Waals surface area contributed by atoms with Crippen molar-refractivity contribution in [3.05, 3.63) is 39.0 Å². The molecule has 2 heterocycles. The zero-order chi connectivity index (χ0) is 15.0. The topological polar surface area (TPSA) is 37.8 Å². The molecule has 0 unspecified atom stereocenters. The van der Waals surface area contributed by atoms with Gasteiger partial charge in [0.1, 0.15) is 5.82 Å². The van der Waals surface area contributed by atoms with Crippen molar-refractivity contribution in [2.24, 2.45) is 0 Å². The van der Waals surface area contributed by atoms with Crippen LogP contribution in [0.3, 0.4) is 0 Å². The Hall–Kier alpha value is -1.07. The first-order chi connectivity index (χ1) is 10.1. The fraction of sp³-hybridized carbons (Fsp3) is 0.375. The maximum absolute atomic E-state index is 4.79. The second-order valence-electron chi connectivity index (χ2n) is 5.27. The lowest BCUT2D eigenvalue weighted by atomic mass is 10.1. The van der Waals surface area contributed by atoms with E-state index in [-0.39, 0.29) is 0 Å². The van der Waals surface area contributed by atoms with E-state index < -0.39 is 0 Å². The van der Waals surface area contributed by atoms with E-state index in [9.17, 15) is 0 Å². The summed E-state index contributed by atoms with van der Waals surface area (Å²) in [6, 6.07) is 4.30. The van der Waals surface area contributed by atoms with Crippen molar-refractivity contribution in [2.75, 3.05) is 11.9 Å². The number of benzene rings is 1. The Morgan fingerprint density at radius 3 is 2.57 bits per heavy atom.